The van der Waals surface area contributed by atoms with Crippen LogP contribution in [0, 0.1) is 0 Å². The summed E-state index contributed by atoms with van der Waals surface area (Å²) < 4.78 is 6.09. The summed E-state index contributed by atoms with van der Waals surface area (Å²) in [5.41, 5.74) is 7.51. The van der Waals surface area contributed by atoms with Gasteiger partial charge in [-0.05, 0) is 31.7 Å². The molecule has 0 fully saturated rings. The maximum atomic E-state index is 6.09. The van der Waals surface area contributed by atoms with Crippen LogP contribution in [-0.2, 0) is 11.3 Å². The lowest BCUT2D eigenvalue weighted by Crippen LogP contribution is -2.34. The maximum Gasteiger partial charge on any atom is 0.157 e. The van der Waals surface area contributed by atoms with Gasteiger partial charge in [-0.25, -0.2) is 9.97 Å². The normalized spacial score (nSPS) is 13.2. The van der Waals surface area contributed by atoms with Gasteiger partial charge >= 0.3 is 0 Å². The summed E-state index contributed by atoms with van der Waals surface area (Å²) in [4.78, 5) is 8.12. The molecule has 3 N–H and O–H groups in total. The molecule has 0 spiro atoms. The minimum atomic E-state index is -0.0212. The first kappa shape index (κ1) is 20.2. The minimum Gasteiger partial charge on any atom is -0.393 e. The van der Waals surface area contributed by atoms with E-state index in [1.165, 1.54) is 6.33 Å². The number of nitrogens with zero attached hydrogens (tertiary/aromatic N) is 2. The number of nitrogens with one attached hydrogen (secondary N) is 1. The lowest BCUT2D eigenvalue weighted by Gasteiger charge is -2.26. The van der Waals surface area contributed by atoms with Gasteiger partial charge < -0.3 is 15.8 Å². The third-order valence-corrected chi connectivity index (χ3v) is 4.55. The highest BCUT2D eigenvalue weighted by atomic mass is 35.5. The Bertz CT molecular complexity index is 681. The zero-order chi connectivity index (χ0) is 18.8. The number of rotatable bonds is 11. The number of halogens is 1. The molecule has 6 heteroatoms. The van der Waals surface area contributed by atoms with E-state index in [-0.39, 0.29) is 17.3 Å². The molecule has 0 unspecified atom stereocenters. The van der Waals surface area contributed by atoms with Crippen molar-refractivity contribution in [2.45, 2.75) is 51.4 Å². The summed E-state index contributed by atoms with van der Waals surface area (Å²) in [5, 5.41) is 3.65. The number of ether oxygens (including phenoxy) is 1. The lowest BCUT2D eigenvalue weighted by molar-refractivity contribution is 0.0382. The highest BCUT2D eigenvalue weighted by Gasteiger charge is 2.20. The van der Waals surface area contributed by atoms with Gasteiger partial charge in [0.1, 0.15) is 12.0 Å². The zero-order valence-corrected chi connectivity index (χ0v) is 16.0. The van der Waals surface area contributed by atoms with E-state index < -0.39 is 0 Å². The van der Waals surface area contributed by atoms with Crippen molar-refractivity contribution >= 4 is 23.1 Å². The Balaban J connectivity index is 2.01. The highest BCUT2D eigenvalue weighted by Crippen LogP contribution is 2.25. The van der Waals surface area contributed by atoms with Gasteiger partial charge in [-0.15, -0.1) is 6.58 Å². The Hall–Kier alpha value is -2.11. The van der Waals surface area contributed by atoms with Crippen molar-refractivity contribution in [2.24, 2.45) is 0 Å². The maximum absolute atomic E-state index is 6.09. The van der Waals surface area contributed by atoms with Crippen LogP contribution >= 0.6 is 11.6 Å². The molecule has 2 aromatic rings. The molecule has 2 rings (SSSR count). The molecule has 0 aliphatic carbocycles. The standard InChI is InChI=1S/C20H27ClN4O/c1-3-4-5-9-12-17(25-20-18(22)19(21)23-14-24-20)15(2)26-13-16-10-7-6-8-11-16/h3,6-8,10-11,14-15,17H,1,4-5,9,12-13,22H2,2H3,(H,23,24,25)/t15-,17+/m0/s1. The average molecular weight is 375 g/mol. The molecular weight excluding hydrogens is 348 g/mol. The van der Waals surface area contributed by atoms with Crippen molar-refractivity contribution < 1.29 is 4.74 Å². The fourth-order valence-corrected chi connectivity index (χ4v) is 2.79. The molecule has 0 radical (unpaired) electrons. The molecule has 0 bridgehead atoms. The Kier molecular flexibility index (Phi) is 8.38. The van der Waals surface area contributed by atoms with E-state index >= 15 is 0 Å². The zero-order valence-electron chi connectivity index (χ0n) is 15.2. The molecule has 1 heterocycles. The van der Waals surface area contributed by atoms with E-state index in [0.29, 0.717) is 18.1 Å². The van der Waals surface area contributed by atoms with Gasteiger partial charge in [-0.3, -0.25) is 0 Å². The van der Waals surface area contributed by atoms with E-state index in [4.69, 9.17) is 22.1 Å². The number of nitrogens with two attached hydrogens (primary N) is 1. The molecule has 0 saturated carbocycles. The van der Waals surface area contributed by atoms with E-state index in [9.17, 15) is 0 Å². The van der Waals surface area contributed by atoms with Crippen LogP contribution < -0.4 is 11.1 Å². The SMILES string of the molecule is C=CCCCC[C@@H](Nc1ncnc(Cl)c1N)[C@H](C)OCc1ccccc1. The van der Waals surface area contributed by atoms with Crippen molar-refractivity contribution in [2.75, 3.05) is 11.1 Å². The quantitative estimate of drug-likeness (QED) is 0.334. The van der Waals surface area contributed by atoms with Crippen LogP contribution in [0.1, 0.15) is 38.2 Å². The molecule has 0 saturated heterocycles. The second-order valence-corrected chi connectivity index (χ2v) is 6.61. The van der Waals surface area contributed by atoms with Gasteiger partial charge in [0.2, 0.25) is 0 Å². The summed E-state index contributed by atoms with van der Waals surface area (Å²) in [6.45, 7) is 6.40. The van der Waals surface area contributed by atoms with E-state index in [2.05, 4.69) is 40.9 Å². The van der Waals surface area contributed by atoms with Gasteiger partial charge in [0.05, 0.1) is 18.8 Å². The van der Waals surface area contributed by atoms with Gasteiger partial charge in [0.25, 0.3) is 0 Å². The monoisotopic (exact) mass is 374 g/mol. The molecular formula is C20H27ClN4O. The van der Waals surface area contributed by atoms with Crippen molar-refractivity contribution in [3.8, 4) is 0 Å². The Morgan fingerprint density at radius 2 is 2.04 bits per heavy atom. The van der Waals surface area contributed by atoms with Gasteiger partial charge in [0.15, 0.2) is 11.0 Å². The highest BCUT2D eigenvalue weighted by molar-refractivity contribution is 6.32. The first-order valence-electron chi connectivity index (χ1n) is 8.90. The number of hydrogen-bond acceptors (Lipinski definition) is 5. The number of nitrogen functional groups attached to an aromatic ring is 1. The Labute approximate surface area is 160 Å². The second kappa shape index (κ2) is 10.8. The summed E-state index contributed by atoms with van der Waals surface area (Å²) in [5.74, 6) is 0.550. The molecule has 0 aliphatic heterocycles. The van der Waals surface area contributed by atoms with Crippen LogP contribution in [-0.4, -0.2) is 22.1 Å². The topological polar surface area (TPSA) is 73.1 Å². The third-order valence-electron chi connectivity index (χ3n) is 4.25. The van der Waals surface area contributed by atoms with Crippen LogP contribution in [0.4, 0.5) is 11.5 Å². The van der Waals surface area contributed by atoms with Crippen LogP contribution in [0.15, 0.2) is 49.3 Å². The average Bonchev–Trinajstić information content (AvgIpc) is 2.66. The molecule has 2 atom stereocenters. The Morgan fingerprint density at radius 3 is 2.77 bits per heavy atom. The number of allylic oxidation sites excluding steroid dienone is 1. The fraction of sp³-hybridized carbons (Fsp3) is 0.400. The molecule has 0 amide bonds. The third kappa shape index (κ3) is 6.32. The first-order chi connectivity index (χ1) is 12.6. The smallest absolute Gasteiger partial charge is 0.157 e. The number of hydrogen-bond donors (Lipinski definition) is 2. The molecule has 0 aliphatic rings. The summed E-state index contributed by atoms with van der Waals surface area (Å²) in [6, 6.07) is 10.2. The van der Waals surface area contributed by atoms with Crippen molar-refractivity contribution in [3.63, 3.8) is 0 Å². The van der Waals surface area contributed by atoms with Crippen molar-refractivity contribution in [1.82, 2.24) is 9.97 Å². The van der Waals surface area contributed by atoms with E-state index in [1.54, 1.807) is 0 Å². The number of benzene rings is 1. The van der Waals surface area contributed by atoms with Crippen LogP contribution in [0.3, 0.4) is 0 Å². The molecule has 1 aromatic heterocycles. The predicted octanol–water partition coefficient (Wildman–Crippen LogP) is 4.84. The van der Waals surface area contributed by atoms with Crippen molar-refractivity contribution in [3.05, 3.63) is 60.0 Å². The minimum absolute atomic E-state index is 0.0212. The molecule has 5 nitrogen and oxygen atoms in total. The van der Waals surface area contributed by atoms with E-state index in [0.717, 1.165) is 31.2 Å². The van der Waals surface area contributed by atoms with Gasteiger partial charge in [0, 0.05) is 0 Å². The van der Waals surface area contributed by atoms with E-state index in [1.807, 2.05) is 24.3 Å². The first-order valence-corrected chi connectivity index (χ1v) is 9.28. The van der Waals surface area contributed by atoms with Gasteiger partial charge in [-0.1, -0.05) is 54.4 Å². The summed E-state index contributed by atoms with van der Waals surface area (Å²) in [7, 11) is 0. The molecule has 26 heavy (non-hydrogen) atoms. The Morgan fingerprint density at radius 1 is 1.27 bits per heavy atom. The number of anilines is 2. The lowest BCUT2D eigenvalue weighted by atomic mass is 10.0. The largest absolute Gasteiger partial charge is 0.393 e. The summed E-state index contributed by atoms with van der Waals surface area (Å²) in [6.07, 6.45) is 7.42. The number of unbranched alkanes of at least 4 members (excludes halogenated alkanes) is 2. The van der Waals surface area contributed by atoms with Crippen LogP contribution in [0.2, 0.25) is 5.15 Å². The second-order valence-electron chi connectivity index (χ2n) is 6.25. The van der Waals surface area contributed by atoms with Gasteiger partial charge in [-0.2, -0.15) is 0 Å². The molecule has 140 valence electrons. The number of aromatic nitrogens is 2. The van der Waals surface area contributed by atoms with Crippen molar-refractivity contribution in [1.29, 1.82) is 0 Å². The van der Waals surface area contributed by atoms with Crippen LogP contribution in [0.5, 0.6) is 0 Å². The summed E-state index contributed by atoms with van der Waals surface area (Å²) >= 11 is 6.01. The fourth-order valence-electron chi connectivity index (χ4n) is 2.66. The van der Waals surface area contributed by atoms with Crippen LogP contribution in [0.25, 0.3) is 0 Å². The molecule has 1 aromatic carbocycles. The predicted molar refractivity (Wildman–Crippen MR) is 108 cm³/mol.